The van der Waals surface area contributed by atoms with E-state index in [1.807, 2.05) is 41.3 Å². The van der Waals surface area contributed by atoms with Crippen LogP contribution in [0.15, 0.2) is 41.8 Å². The number of fused-ring (bicyclic) bond motifs is 1. The van der Waals surface area contributed by atoms with Crippen LogP contribution in [0.2, 0.25) is 0 Å². The summed E-state index contributed by atoms with van der Waals surface area (Å²) in [6, 6.07) is 9.49. The molecule has 1 saturated heterocycles. The van der Waals surface area contributed by atoms with E-state index >= 15 is 0 Å². The second-order valence-corrected chi connectivity index (χ2v) is 8.59. The molecule has 0 saturated carbocycles. The molecule has 0 aliphatic carbocycles. The number of nitrogens with zero attached hydrogens (tertiary/aromatic N) is 2. The molecule has 1 aromatic heterocycles. The molecule has 30 heavy (non-hydrogen) atoms. The lowest BCUT2D eigenvalue weighted by Gasteiger charge is -2.35. The van der Waals surface area contributed by atoms with E-state index in [1.54, 1.807) is 18.4 Å². The Bertz CT molecular complexity index is 939. The fraction of sp³-hybridized carbons (Fsp3) is 0.391. The van der Waals surface area contributed by atoms with Gasteiger partial charge in [0.05, 0.1) is 19.6 Å². The van der Waals surface area contributed by atoms with Crippen LogP contribution in [-0.2, 0) is 22.6 Å². The summed E-state index contributed by atoms with van der Waals surface area (Å²) in [5, 5.41) is 5.00. The standard InChI is InChI=1S/C23H27N3O3S/c1-29-20-7-3-2-5-17(20)6-4-11-25-13-10-24-23(28)19(25)15-22(27)26-12-8-21-18(16-26)9-14-30-21/h2-7,9,14,19H,8,10-13,15-16H2,1H3,(H,24,28)/b6-4+/t19-/m1/s1. The van der Waals surface area contributed by atoms with Crippen molar-refractivity contribution in [1.82, 2.24) is 15.1 Å². The molecular weight excluding hydrogens is 398 g/mol. The summed E-state index contributed by atoms with van der Waals surface area (Å²) in [4.78, 5) is 30.9. The number of hydrogen-bond acceptors (Lipinski definition) is 5. The number of nitrogens with one attached hydrogen (secondary N) is 1. The van der Waals surface area contributed by atoms with E-state index in [1.165, 1.54) is 10.4 Å². The zero-order chi connectivity index (χ0) is 20.9. The van der Waals surface area contributed by atoms with Gasteiger partial charge < -0.3 is 15.0 Å². The molecule has 6 nitrogen and oxygen atoms in total. The Morgan fingerprint density at radius 2 is 2.17 bits per heavy atom. The molecule has 0 bridgehead atoms. The first-order valence-corrected chi connectivity index (χ1v) is 11.2. The summed E-state index contributed by atoms with van der Waals surface area (Å²) in [6.07, 6.45) is 5.16. The molecule has 1 aromatic carbocycles. The van der Waals surface area contributed by atoms with Crippen molar-refractivity contribution >= 4 is 29.2 Å². The Labute approximate surface area is 181 Å². The first-order valence-electron chi connectivity index (χ1n) is 10.3. The zero-order valence-corrected chi connectivity index (χ0v) is 18.0. The van der Waals surface area contributed by atoms with Gasteiger partial charge in [0.2, 0.25) is 11.8 Å². The second kappa shape index (κ2) is 9.45. The van der Waals surface area contributed by atoms with Gasteiger partial charge in [-0.25, -0.2) is 0 Å². The lowest BCUT2D eigenvalue weighted by atomic mass is 10.0. The van der Waals surface area contributed by atoms with Crippen LogP contribution in [-0.4, -0.2) is 60.9 Å². The topological polar surface area (TPSA) is 61.9 Å². The van der Waals surface area contributed by atoms with Crippen LogP contribution in [0.5, 0.6) is 5.75 Å². The molecule has 3 heterocycles. The maximum atomic E-state index is 13.0. The summed E-state index contributed by atoms with van der Waals surface area (Å²) in [6.45, 7) is 3.33. The third-order valence-corrected chi connectivity index (χ3v) is 6.77. The highest BCUT2D eigenvalue weighted by Gasteiger charge is 2.33. The third-order valence-electron chi connectivity index (χ3n) is 5.75. The zero-order valence-electron chi connectivity index (χ0n) is 17.2. The quantitative estimate of drug-likeness (QED) is 0.773. The number of hydrogen-bond donors (Lipinski definition) is 1. The van der Waals surface area contributed by atoms with Gasteiger partial charge in [0.1, 0.15) is 5.75 Å². The van der Waals surface area contributed by atoms with Gasteiger partial charge in [-0.2, -0.15) is 0 Å². The highest BCUT2D eigenvalue weighted by Crippen LogP contribution is 2.25. The number of benzene rings is 1. The van der Waals surface area contributed by atoms with Gasteiger partial charge in [-0.3, -0.25) is 14.5 Å². The first kappa shape index (κ1) is 20.6. The van der Waals surface area contributed by atoms with Gasteiger partial charge in [-0.15, -0.1) is 11.3 Å². The number of thiophene rings is 1. The summed E-state index contributed by atoms with van der Waals surface area (Å²) < 4.78 is 5.39. The molecule has 1 atom stereocenters. The van der Waals surface area contributed by atoms with Crippen molar-refractivity contribution in [1.29, 1.82) is 0 Å². The Morgan fingerprint density at radius 3 is 3.03 bits per heavy atom. The van der Waals surface area contributed by atoms with Gasteiger partial charge in [0.25, 0.3) is 0 Å². The number of ether oxygens (including phenoxy) is 1. The number of amides is 2. The molecular formula is C23H27N3O3S. The highest BCUT2D eigenvalue weighted by molar-refractivity contribution is 7.10. The molecule has 2 aliphatic heterocycles. The van der Waals surface area contributed by atoms with Gasteiger partial charge in [-0.1, -0.05) is 30.4 Å². The number of carbonyl (C=O) groups is 2. The SMILES string of the molecule is COc1ccccc1/C=C/CN1CCNC(=O)[C@H]1CC(=O)N1CCc2sccc2C1. The van der Waals surface area contributed by atoms with Crippen molar-refractivity contribution in [3.63, 3.8) is 0 Å². The molecule has 2 amide bonds. The maximum absolute atomic E-state index is 13.0. The molecule has 2 aliphatic rings. The van der Waals surface area contributed by atoms with E-state index in [4.69, 9.17) is 4.74 Å². The number of para-hydroxylation sites is 1. The highest BCUT2D eigenvalue weighted by atomic mass is 32.1. The van der Waals surface area contributed by atoms with Crippen molar-refractivity contribution in [3.8, 4) is 5.75 Å². The Kier molecular flexibility index (Phi) is 6.50. The van der Waals surface area contributed by atoms with Crippen molar-refractivity contribution in [2.45, 2.75) is 25.4 Å². The maximum Gasteiger partial charge on any atom is 0.237 e. The molecule has 0 unspecified atom stereocenters. The average Bonchev–Trinajstić information content (AvgIpc) is 3.24. The van der Waals surface area contributed by atoms with Crippen molar-refractivity contribution < 1.29 is 14.3 Å². The van der Waals surface area contributed by atoms with E-state index < -0.39 is 6.04 Å². The Morgan fingerprint density at radius 1 is 1.30 bits per heavy atom. The Hall–Kier alpha value is -2.64. The van der Waals surface area contributed by atoms with Crippen LogP contribution in [0.1, 0.15) is 22.4 Å². The van der Waals surface area contributed by atoms with E-state index in [0.29, 0.717) is 19.6 Å². The van der Waals surface area contributed by atoms with Crippen LogP contribution >= 0.6 is 11.3 Å². The normalized spacial score (nSPS) is 19.6. The molecule has 2 aromatic rings. The number of rotatable bonds is 6. The van der Waals surface area contributed by atoms with Gasteiger partial charge in [0.15, 0.2) is 0 Å². The average molecular weight is 426 g/mol. The molecule has 7 heteroatoms. The predicted octanol–water partition coefficient (Wildman–Crippen LogP) is 2.55. The molecule has 1 N–H and O–H groups in total. The van der Waals surface area contributed by atoms with Gasteiger partial charge in [0, 0.05) is 43.2 Å². The Balaban J connectivity index is 1.40. The van der Waals surface area contributed by atoms with E-state index in [2.05, 4.69) is 21.7 Å². The molecule has 0 radical (unpaired) electrons. The van der Waals surface area contributed by atoms with Crippen LogP contribution in [0.25, 0.3) is 6.08 Å². The molecule has 1 fully saturated rings. The van der Waals surface area contributed by atoms with Crippen LogP contribution in [0.4, 0.5) is 0 Å². The largest absolute Gasteiger partial charge is 0.496 e. The minimum absolute atomic E-state index is 0.0487. The summed E-state index contributed by atoms with van der Waals surface area (Å²) >= 11 is 1.76. The van der Waals surface area contributed by atoms with Crippen molar-refractivity contribution in [2.24, 2.45) is 0 Å². The summed E-state index contributed by atoms with van der Waals surface area (Å²) in [5.74, 6) is 0.802. The lowest BCUT2D eigenvalue weighted by molar-refractivity contribution is -0.139. The molecule has 0 spiro atoms. The smallest absolute Gasteiger partial charge is 0.237 e. The van der Waals surface area contributed by atoms with Crippen LogP contribution in [0.3, 0.4) is 0 Å². The van der Waals surface area contributed by atoms with Crippen molar-refractivity contribution in [3.05, 3.63) is 57.8 Å². The monoisotopic (exact) mass is 425 g/mol. The first-order chi connectivity index (χ1) is 14.7. The van der Waals surface area contributed by atoms with Crippen LogP contribution < -0.4 is 10.1 Å². The van der Waals surface area contributed by atoms with Gasteiger partial charge in [-0.05, 0) is 29.5 Å². The summed E-state index contributed by atoms with van der Waals surface area (Å²) in [7, 11) is 1.66. The van der Waals surface area contributed by atoms with E-state index in [0.717, 1.165) is 30.8 Å². The molecule has 158 valence electrons. The number of methoxy groups -OCH3 is 1. The minimum Gasteiger partial charge on any atom is -0.496 e. The number of carbonyl (C=O) groups excluding carboxylic acids is 2. The third kappa shape index (κ3) is 4.57. The van der Waals surface area contributed by atoms with Crippen LogP contribution in [0, 0.1) is 0 Å². The van der Waals surface area contributed by atoms with Crippen molar-refractivity contribution in [2.75, 3.05) is 33.3 Å². The molecule has 4 rings (SSSR count). The van der Waals surface area contributed by atoms with E-state index in [9.17, 15) is 9.59 Å². The summed E-state index contributed by atoms with van der Waals surface area (Å²) in [5.41, 5.74) is 2.23. The number of piperazine rings is 1. The fourth-order valence-corrected chi connectivity index (χ4v) is 4.97. The second-order valence-electron chi connectivity index (χ2n) is 7.58. The minimum atomic E-state index is -0.433. The van der Waals surface area contributed by atoms with E-state index in [-0.39, 0.29) is 18.2 Å². The fourth-order valence-electron chi connectivity index (χ4n) is 4.08. The lowest BCUT2D eigenvalue weighted by Crippen LogP contribution is -2.56. The predicted molar refractivity (Wildman–Crippen MR) is 118 cm³/mol. The van der Waals surface area contributed by atoms with Gasteiger partial charge >= 0.3 is 0 Å².